The quantitative estimate of drug-likeness (QED) is 0.675. The zero-order valence-corrected chi connectivity index (χ0v) is 15.8. The second kappa shape index (κ2) is 5.40. The highest BCUT2D eigenvalue weighted by molar-refractivity contribution is 5.09. The zero-order chi connectivity index (χ0) is 17.3. The molecule has 0 aromatic rings. The molecule has 2 bridgehead atoms. The Kier molecular flexibility index (Phi) is 3.87. The maximum absolute atomic E-state index is 6.38. The van der Waals surface area contributed by atoms with Crippen molar-refractivity contribution in [3.8, 4) is 0 Å². The number of hydrogen-bond acceptors (Lipinski definition) is 5. The van der Waals surface area contributed by atoms with Crippen LogP contribution in [0, 0.1) is 23.7 Å². The van der Waals surface area contributed by atoms with E-state index in [2.05, 4.69) is 34.6 Å². The van der Waals surface area contributed by atoms with Crippen LogP contribution < -0.4 is 0 Å². The van der Waals surface area contributed by atoms with Gasteiger partial charge in [-0.1, -0.05) is 13.8 Å². The zero-order valence-electron chi connectivity index (χ0n) is 15.8. The first kappa shape index (κ1) is 17.2. The van der Waals surface area contributed by atoms with Crippen LogP contribution >= 0.6 is 0 Å². The molecule has 5 nitrogen and oxygen atoms in total. The van der Waals surface area contributed by atoms with Crippen LogP contribution in [0.3, 0.4) is 0 Å². The Morgan fingerprint density at radius 1 is 1.00 bits per heavy atom. The van der Waals surface area contributed by atoms with Crippen LogP contribution in [0.15, 0.2) is 0 Å². The van der Waals surface area contributed by atoms with Crippen molar-refractivity contribution in [1.29, 1.82) is 0 Å². The van der Waals surface area contributed by atoms with Crippen LogP contribution in [0.1, 0.15) is 67.2 Å². The molecule has 24 heavy (non-hydrogen) atoms. The molecule has 0 aromatic heterocycles. The Morgan fingerprint density at radius 2 is 1.75 bits per heavy atom. The summed E-state index contributed by atoms with van der Waals surface area (Å²) in [7, 11) is 0. The lowest BCUT2D eigenvalue weighted by Gasteiger charge is -2.60. The minimum atomic E-state index is -0.718. The second-order valence-electron chi connectivity index (χ2n) is 9.50. The molecule has 0 aromatic carbocycles. The fourth-order valence-corrected chi connectivity index (χ4v) is 5.36. The van der Waals surface area contributed by atoms with Gasteiger partial charge in [-0.2, -0.15) is 0 Å². The summed E-state index contributed by atoms with van der Waals surface area (Å²) in [5, 5.41) is 0. The lowest BCUT2D eigenvalue weighted by Crippen LogP contribution is -2.70. The third-order valence-corrected chi connectivity index (χ3v) is 6.57. The van der Waals surface area contributed by atoms with E-state index in [0.29, 0.717) is 17.8 Å². The molecule has 5 aliphatic rings. The number of rotatable bonds is 1. The normalized spacial score (nSPS) is 54.2. The number of hydrogen-bond donors (Lipinski definition) is 0. The molecule has 5 rings (SSSR count). The van der Waals surface area contributed by atoms with Gasteiger partial charge in [0.05, 0.1) is 5.60 Å². The highest BCUT2D eigenvalue weighted by Crippen LogP contribution is 2.60. The Morgan fingerprint density at radius 3 is 2.46 bits per heavy atom. The van der Waals surface area contributed by atoms with Gasteiger partial charge in [0, 0.05) is 18.3 Å². The highest BCUT2D eigenvalue weighted by Gasteiger charge is 2.69. The lowest BCUT2D eigenvalue weighted by molar-refractivity contribution is -0.578. The Bertz CT molecular complexity index is 502. The molecule has 8 atom stereocenters. The Balaban J connectivity index is 1.72. The van der Waals surface area contributed by atoms with Crippen molar-refractivity contribution >= 4 is 0 Å². The molecule has 0 N–H and O–H groups in total. The van der Waals surface area contributed by atoms with E-state index < -0.39 is 17.7 Å². The standard InChI is InChI=1S/C19H32O5/c1-11-7-8-14-12(2)15(21-17(3,4)5)20-16-19(14)13(11)9-10-18(6,22-16)23-24-19/h11-16H,7-10H2,1-6H3/t11-,12-,13+,14+,15?,16-,18-,19-/m1/s1. The molecular weight excluding hydrogens is 308 g/mol. The van der Waals surface area contributed by atoms with E-state index in [1.54, 1.807) is 0 Å². The van der Waals surface area contributed by atoms with Gasteiger partial charge in [0.15, 0.2) is 18.2 Å². The molecule has 1 unspecified atom stereocenters. The first-order valence-electron chi connectivity index (χ1n) is 9.52. The van der Waals surface area contributed by atoms with Crippen molar-refractivity contribution in [3.05, 3.63) is 0 Å². The van der Waals surface area contributed by atoms with E-state index in [1.165, 1.54) is 6.42 Å². The van der Waals surface area contributed by atoms with Crippen LogP contribution in [0.2, 0.25) is 0 Å². The molecule has 138 valence electrons. The van der Waals surface area contributed by atoms with Crippen molar-refractivity contribution in [2.24, 2.45) is 23.7 Å². The fourth-order valence-electron chi connectivity index (χ4n) is 5.36. The summed E-state index contributed by atoms with van der Waals surface area (Å²) in [6.07, 6.45) is 3.54. The van der Waals surface area contributed by atoms with Crippen molar-refractivity contribution in [1.82, 2.24) is 0 Å². The molecule has 4 aliphatic heterocycles. The topological polar surface area (TPSA) is 46.2 Å². The van der Waals surface area contributed by atoms with Crippen molar-refractivity contribution in [2.75, 3.05) is 0 Å². The van der Waals surface area contributed by atoms with Crippen LogP contribution in [-0.2, 0) is 24.0 Å². The molecule has 0 amide bonds. The number of ether oxygens (including phenoxy) is 3. The third kappa shape index (κ3) is 2.47. The first-order chi connectivity index (χ1) is 11.1. The molecular formula is C19H32O5. The van der Waals surface area contributed by atoms with Gasteiger partial charge in [0.1, 0.15) is 0 Å². The van der Waals surface area contributed by atoms with Crippen LogP contribution in [0.5, 0.6) is 0 Å². The van der Waals surface area contributed by atoms with Gasteiger partial charge >= 0.3 is 0 Å². The van der Waals surface area contributed by atoms with Crippen molar-refractivity contribution in [3.63, 3.8) is 0 Å². The molecule has 0 radical (unpaired) electrons. The van der Waals surface area contributed by atoms with Gasteiger partial charge in [-0.15, -0.1) is 0 Å². The molecule has 1 saturated carbocycles. The maximum Gasteiger partial charge on any atom is 0.201 e. The summed E-state index contributed by atoms with van der Waals surface area (Å²) >= 11 is 0. The van der Waals surface area contributed by atoms with Crippen molar-refractivity contribution < 1.29 is 24.0 Å². The summed E-state index contributed by atoms with van der Waals surface area (Å²) in [6.45, 7) is 12.7. The Hall–Kier alpha value is -0.200. The van der Waals surface area contributed by atoms with Gasteiger partial charge in [0.25, 0.3) is 0 Å². The van der Waals surface area contributed by atoms with Gasteiger partial charge in [-0.3, -0.25) is 0 Å². The van der Waals surface area contributed by atoms with Crippen LogP contribution in [0.25, 0.3) is 0 Å². The summed E-state index contributed by atoms with van der Waals surface area (Å²) < 4.78 is 18.9. The van der Waals surface area contributed by atoms with Crippen molar-refractivity contribution in [2.45, 2.75) is 96.8 Å². The Labute approximate surface area is 145 Å². The SMILES string of the molecule is C[C@@H]1CC[C@H]2[C@@H](C)C(OC(C)(C)C)O[C@@H]3O[C@@]4(C)CC[C@@H]1[C@]32OO4. The van der Waals surface area contributed by atoms with E-state index in [9.17, 15) is 0 Å². The predicted octanol–water partition coefficient (Wildman–Crippen LogP) is 4.01. The fraction of sp³-hybridized carbons (Fsp3) is 1.00. The molecule has 5 fully saturated rings. The highest BCUT2D eigenvalue weighted by atomic mass is 17.3. The summed E-state index contributed by atoms with van der Waals surface area (Å²) in [5.74, 6) is 0.846. The average Bonchev–Trinajstić information content (AvgIpc) is 2.69. The molecule has 4 heterocycles. The van der Waals surface area contributed by atoms with Gasteiger partial charge < -0.3 is 14.2 Å². The summed E-state index contributed by atoms with van der Waals surface area (Å²) in [5.41, 5.74) is -0.749. The minimum absolute atomic E-state index is 0.241. The lowest BCUT2D eigenvalue weighted by atomic mass is 9.58. The molecule has 5 heteroatoms. The monoisotopic (exact) mass is 340 g/mol. The molecule has 4 saturated heterocycles. The van der Waals surface area contributed by atoms with E-state index in [1.807, 2.05) is 6.92 Å². The minimum Gasteiger partial charge on any atom is -0.347 e. The van der Waals surface area contributed by atoms with Gasteiger partial charge in [0.2, 0.25) is 5.79 Å². The average molecular weight is 340 g/mol. The van der Waals surface area contributed by atoms with Crippen LogP contribution in [-0.4, -0.2) is 29.6 Å². The van der Waals surface area contributed by atoms with Gasteiger partial charge in [-0.05, 0) is 58.8 Å². The third-order valence-electron chi connectivity index (χ3n) is 6.57. The molecule has 1 aliphatic carbocycles. The summed E-state index contributed by atoms with van der Waals surface area (Å²) in [4.78, 5) is 12.0. The van der Waals surface area contributed by atoms with E-state index in [4.69, 9.17) is 24.0 Å². The van der Waals surface area contributed by atoms with Crippen LogP contribution in [0.4, 0.5) is 0 Å². The molecule has 1 spiro atoms. The van der Waals surface area contributed by atoms with E-state index >= 15 is 0 Å². The van der Waals surface area contributed by atoms with E-state index in [0.717, 1.165) is 19.3 Å². The predicted molar refractivity (Wildman–Crippen MR) is 87.7 cm³/mol. The maximum atomic E-state index is 6.38. The second-order valence-corrected chi connectivity index (χ2v) is 9.50. The number of fused-ring (bicyclic) bond motifs is 2. The van der Waals surface area contributed by atoms with Gasteiger partial charge in [-0.25, -0.2) is 9.78 Å². The van der Waals surface area contributed by atoms with E-state index in [-0.39, 0.29) is 17.8 Å². The largest absolute Gasteiger partial charge is 0.347 e. The smallest absolute Gasteiger partial charge is 0.201 e. The first-order valence-corrected chi connectivity index (χ1v) is 9.52. The summed E-state index contributed by atoms with van der Waals surface area (Å²) in [6, 6.07) is 0.